The Morgan fingerprint density at radius 2 is 1.73 bits per heavy atom. The highest BCUT2D eigenvalue weighted by molar-refractivity contribution is 6.76. The van der Waals surface area contributed by atoms with Crippen molar-refractivity contribution in [3.05, 3.63) is 60.4 Å². The van der Waals surface area contributed by atoms with Gasteiger partial charge in [0.25, 0.3) is 5.91 Å². The van der Waals surface area contributed by atoms with Crippen LogP contribution in [0.15, 0.2) is 43.2 Å². The Bertz CT molecular complexity index is 896. The van der Waals surface area contributed by atoms with Crippen molar-refractivity contribution in [2.45, 2.75) is 25.7 Å². The van der Waals surface area contributed by atoms with Crippen LogP contribution >= 0.6 is 0 Å². The molecule has 9 heteroatoms. The molecule has 0 saturated heterocycles. The summed E-state index contributed by atoms with van der Waals surface area (Å²) in [7, 11) is -0.0405. The zero-order chi connectivity index (χ0) is 22.3. The molecular formula is C21H26FN3O4Si. The minimum absolute atomic E-state index is 0.0189. The lowest BCUT2D eigenvalue weighted by Crippen LogP contribution is -2.35. The van der Waals surface area contributed by atoms with Crippen molar-refractivity contribution in [2.24, 2.45) is 0 Å². The van der Waals surface area contributed by atoms with Crippen LogP contribution in [0.25, 0.3) is 5.57 Å². The molecule has 30 heavy (non-hydrogen) atoms. The Kier molecular flexibility index (Phi) is 7.96. The molecule has 2 rings (SSSR count). The van der Waals surface area contributed by atoms with Crippen LogP contribution in [0, 0.1) is 5.82 Å². The molecular weight excluding hydrogens is 405 g/mol. The number of ether oxygens (including phenoxy) is 2. The minimum Gasteiger partial charge on any atom is -0.465 e. The lowest BCUT2D eigenvalue weighted by Gasteiger charge is -2.23. The van der Waals surface area contributed by atoms with E-state index in [1.165, 1.54) is 48.7 Å². The van der Waals surface area contributed by atoms with Crippen molar-refractivity contribution in [2.75, 3.05) is 25.3 Å². The SMILES string of the molecule is C=C(C(=O)OC)c1cnc(C(=O)N(COCC[Si](C)(C)C)c2ccc(F)cc2)nc1. The molecule has 7 nitrogen and oxygen atoms in total. The van der Waals surface area contributed by atoms with Crippen molar-refractivity contribution >= 4 is 31.2 Å². The normalized spacial score (nSPS) is 11.1. The first-order valence-electron chi connectivity index (χ1n) is 9.37. The molecule has 2 aromatic rings. The Labute approximate surface area is 176 Å². The number of esters is 1. The fourth-order valence-corrected chi connectivity index (χ4v) is 3.12. The van der Waals surface area contributed by atoms with Crippen LogP contribution in [-0.4, -0.2) is 50.4 Å². The van der Waals surface area contributed by atoms with Crippen LogP contribution in [0.5, 0.6) is 0 Å². The van der Waals surface area contributed by atoms with Crippen molar-refractivity contribution in [1.82, 2.24) is 9.97 Å². The Morgan fingerprint density at radius 1 is 1.13 bits per heavy atom. The van der Waals surface area contributed by atoms with Gasteiger partial charge in [-0.25, -0.2) is 19.2 Å². The number of nitrogens with zero attached hydrogens (tertiary/aromatic N) is 3. The Balaban J connectivity index is 2.20. The maximum Gasteiger partial charge on any atom is 0.337 e. The average molecular weight is 432 g/mol. The van der Waals surface area contributed by atoms with Gasteiger partial charge in [0.05, 0.1) is 12.7 Å². The first kappa shape index (κ1) is 23.4. The van der Waals surface area contributed by atoms with Gasteiger partial charge < -0.3 is 9.47 Å². The lowest BCUT2D eigenvalue weighted by atomic mass is 10.1. The number of rotatable bonds is 9. The van der Waals surface area contributed by atoms with E-state index < -0.39 is 25.8 Å². The summed E-state index contributed by atoms with van der Waals surface area (Å²) in [6.07, 6.45) is 2.66. The zero-order valence-corrected chi connectivity index (χ0v) is 18.6. The fourth-order valence-electron chi connectivity index (χ4n) is 2.36. The summed E-state index contributed by atoms with van der Waals surface area (Å²) in [5.74, 6) is -1.62. The highest BCUT2D eigenvalue weighted by atomic mass is 28.3. The van der Waals surface area contributed by atoms with Crippen LogP contribution in [0.1, 0.15) is 16.2 Å². The highest BCUT2D eigenvalue weighted by Gasteiger charge is 2.22. The van der Waals surface area contributed by atoms with Crippen LogP contribution < -0.4 is 4.90 Å². The van der Waals surface area contributed by atoms with E-state index in [-0.39, 0.29) is 18.1 Å². The summed E-state index contributed by atoms with van der Waals surface area (Å²) < 4.78 is 23.7. The molecule has 1 aromatic carbocycles. The number of aromatic nitrogens is 2. The summed E-state index contributed by atoms with van der Waals surface area (Å²) in [5.41, 5.74) is 0.890. The predicted octanol–water partition coefficient (Wildman–Crippen LogP) is 3.76. The molecule has 0 aliphatic heterocycles. The first-order chi connectivity index (χ1) is 14.1. The third-order valence-electron chi connectivity index (χ3n) is 4.22. The van der Waals surface area contributed by atoms with E-state index in [4.69, 9.17) is 4.74 Å². The van der Waals surface area contributed by atoms with E-state index in [9.17, 15) is 14.0 Å². The third kappa shape index (κ3) is 6.56. The fraction of sp³-hybridized carbons (Fsp3) is 0.333. The summed E-state index contributed by atoms with van der Waals surface area (Å²) in [6.45, 7) is 10.8. The Hall–Kier alpha value is -2.91. The quantitative estimate of drug-likeness (QED) is 0.198. The van der Waals surface area contributed by atoms with E-state index in [0.717, 1.165) is 6.04 Å². The summed E-state index contributed by atoms with van der Waals surface area (Å²) in [6, 6.07) is 6.45. The average Bonchev–Trinajstić information content (AvgIpc) is 2.72. The van der Waals surface area contributed by atoms with Gasteiger partial charge >= 0.3 is 5.97 Å². The molecule has 0 bridgehead atoms. The van der Waals surface area contributed by atoms with Crippen molar-refractivity contribution in [3.63, 3.8) is 0 Å². The number of carbonyl (C=O) groups is 2. The number of benzene rings is 1. The standard InChI is InChI=1S/C21H26FN3O4Si/c1-15(21(27)28-2)16-12-23-19(24-13-16)20(26)25(14-29-10-11-30(3,4)5)18-8-6-17(22)7-9-18/h6-9,12-13H,1,10-11,14H2,2-5H3. The maximum absolute atomic E-state index is 13.3. The van der Waals surface area contributed by atoms with Gasteiger partial charge in [-0.1, -0.05) is 26.2 Å². The van der Waals surface area contributed by atoms with E-state index in [1.54, 1.807) is 0 Å². The molecule has 0 spiro atoms. The molecule has 0 aliphatic carbocycles. The number of anilines is 1. The molecule has 0 unspecified atom stereocenters. The van der Waals surface area contributed by atoms with E-state index in [2.05, 4.69) is 40.9 Å². The molecule has 1 aromatic heterocycles. The van der Waals surface area contributed by atoms with Gasteiger partial charge in [0.2, 0.25) is 5.82 Å². The molecule has 1 amide bonds. The molecule has 0 fully saturated rings. The molecule has 1 heterocycles. The molecule has 160 valence electrons. The molecule has 0 saturated carbocycles. The highest BCUT2D eigenvalue weighted by Crippen LogP contribution is 2.18. The van der Waals surface area contributed by atoms with Crippen molar-refractivity contribution < 1.29 is 23.5 Å². The van der Waals surface area contributed by atoms with Crippen molar-refractivity contribution in [1.29, 1.82) is 0 Å². The monoisotopic (exact) mass is 431 g/mol. The number of carbonyl (C=O) groups excluding carboxylic acids is 2. The second-order valence-corrected chi connectivity index (χ2v) is 13.4. The second-order valence-electron chi connectivity index (χ2n) is 7.82. The van der Waals surface area contributed by atoms with Crippen LogP contribution in [0.3, 0.4) is 0 Å². The first-order valence-corrected chi connectivity index (χ1v) is 13.1. The van der Waals surface area contributed by atoms with Crippen molar-refractivity contribution in [3.8, 4) is 0 Å². The van der Waals surface area contributed by atoms with Gasteiger partial charge in [0.1, 0.15) is 12.5 Å². The van der Waals surface area contributed by atoms with Crippen LogP contribution in [0.2, 0.25) is 25.7 Å². The molecule has 0 N–H and O–H groups in total. The van der Waals surface area contributed by atoms with Crippen LogP contribution in [0.4, 0.5) is 10.1 Å². The van der Waals surface area contributed by atoms with Gasteiger partial charge in [-0.3, -0.25) is 9.69 Å². The van der Waals surface area contributed by atoms with Gasteiger partial charge in [-0.15, -0.1) is 0 Å². The summed E-state index contributed by atoms with van der Waals surface area (Å²) >= 11 is 0. The third-order valence-corrected chi connectivity index (χ3v) is 5.93. The molecule has 0 radical (unpaired) electrons. The molecule has 0 aliphatic rings. The van der Waals surface area contributed by atoms with E-state index in [0.29, 0.717) is 17.9 Å². The topological polar surface area (TPSA) is 81.6 Å². The van der Waals surface area contributed by atoms with Crippen LogP contribution in [-0.2, 0) is 14.3 Å². The number of amides is 1. The van der Waals surface area contributed by atoms with Gasteiger partial charge in [-0.05, 0) is 30.3 Å². The second kappa shape index (κ2) is 10.2. The van der Waals surface area contributed by atoms with Gasteiger partial charge in [0, 0.05) is 38.3 Å². The number of methoxy groups -OCH3 is 1. The lowest BCUT2D eigenvalue weighted by molar-refractivity contribution is -0.133. The molecule has 0 atom stereocenters. The van der Waals surface area contributed by atoms with Gasteiger partial charge in [-0.2, -0.15) is 0 Å². The van der Waals surface area contributed by atoms with E-state index >= 15 is 0 Å². The largest absolute Gasteiger partial charge is 0.465 e. The zero-order valence-electron chi connectivity index (χ0n) is 17.6. The smallest absolute Gasteiger partial charge is 0.337 e. The number of hydrogen-bond acceptors (Lipinski definition) is 6. The minimum atomic E-state index is -1.29. The maximum atomic E-state index is 13.3. The van der Waals surface area contributed by atoms with Gasteiger partial charge in [0.15, 0.2) is 0 Å². The number of hydrogen-bond donors (Lipinski definition) is 0. The summed E-state index contributed by atoms with van der Waals surface area (Å²) in [5, 5.41) is 0. The Morgan fingerprint density at radius 3 is 2.27 bits per heavy atom. The predicted molar refractivity (Wildman–Crippen MR) is 115 cm³/mol. The number of halogens is 1. The van der Waals surface area contributed by atoms with E-state index in [1.807, 2.05) is 0 Å². The summed E-state index contributed by atoms with van der Waals surface area (Å²) in [4.78, 5) is 34.0.